The van der Waals surface area contributed by atoms with Gasteiger partial charge in [-0.15, -0.1) is 0 Å². The van der Waals surface area contributed by atoms with Crippen molar-refractivity contribution in [2.75, 3.05) is 58.3 Å². The Hall–Kier alpha value is -2.07. The van der Waals surface area contributed by atoms with Crippen LogP contribution in [0.2, 0.25) is 0 Å². The first kappa shape index (κ1) is 26.9. The Bertz CT molecular complexity index is 572. The number of carbonyl (C=O) groups excluding carboxylic acids is 2. The number of carbonyl (C=O) groups is 2. The van der Waals surface area contributed by atoms with Crippen LogP contribution in [0, 0.1) is 0 Å². The smallest absolute Gasteiger partial charge is 0.207 e. The van der Waals surface area contributed by atoms with E-state index >= 15 is 0 Å². The van der Waals surface area contributed by atoms with Gasteiger partial charge in [-0.2, -0.15) is 0 Å². The van der Waals surface area contributed by atoms with Crippen molar-refractivity contribution in [1.29, 1.82) is 0 Å². The van der Waals surface area contributed by atoms with Gasteiger partial charge in [0.25, 0.3) is 0 Å². The maximum Gasteiger partial charge on any atom is 0.207 e. The molecule has 0 aliphatic carbocycles. The Kier molecular flexibility index (Phi) is 17.9. The number of hydrogen-bond acceptors (Lipinski definition) is 6. The van der Waals surface area contributed by atoms with Crippen LogP contribution < -0.4 is 16.0 Å². The minimum atomic E-state index is -1.01. The van der Waals surface area contributed by atoms with E-state index in [0.717, 1.165) is 49.8 Å². The van der Waals surface area contributed by atoms with E-state index in [1.807, 2.05) is 42.5 Å². The standard InChI is InChI=1S/C11H17N3OS.C6H13NO2.C3H4O/c1-12-10-2-4-11(5-3-10)16(15)14-8-6-13-7-9-14;1-2-4-9-5-3-7-6-8;1-2-3-4/h2-5,12-13H,6-9H2,1H3;6H,2-5H2,1H3,(H,7,8);2-3H,1H2. The average Bonchev–Trinajstić information content (AvgIpc) is 2.80. The number of nitrogens with zero attached hydrogens (tertiary/aromatic N) is 1. The van der Waals surface area contributed by atoms with Crippen LogP contribution in [-0.4, -0.2) is 74.2 Å². The molecule has 2 rings (SSSR count). The van der Waals surface area contributed by atoms with Crippen molar-refractivity contribution < 1.29 is 18.5 Å². The Morgan fingerprint density at radius 3 is 2.31 bits per heavy atom. The second-order valence-electron chi connectivity index (χ2n) is 5.76. The SMILES string of the molecule is C=CC=O.CCCOCCNC=O.CNc1ccc(S(=O)N2CCNCC2)cc1. The zero-order valence-electron chi connectivity index (χ0n) is 17.4. The Labute approximate surface area is 176 Å². The van der Waals surface area contributed by atoms with Crippen LogP contribution in [0.3, 0.4) is 0 Å². The summed E-state index contributed by atoms with van der Waals surface area (Å²) in [5.74, 6) is 0. The molecule has 1 unspecified atom stereocenters. The first-order valence-electron chi connectivity index (χ1n) is 9.60. The minimum Gasteiger partial charge on any atom is -0.388 e. The molecule has 0 spiro atoms. The lowest BCUT2D eigenvalue weighted by molar-refractivity contribution is -0.109. The highest BCUT2D eigenvalue weighted by atomic mass is 32.2. The van der Waals surface area contributed by atoms with E-state index in [1.54, 1.807) is 0 Å². The van der Waals surface area contributed by atoms with Crippen LogP contribution >= 0.6 is 0 Å². The highest BCUT2D eigenvalue weighted by Crippen LogP contribution is 2.15. The van der Waals surface area contributed by atoms with Crippen molar-refractivity contribution in [3.8, 4) is 0 Å². The van der Waals surface area contributed by atoms with Gasteiger partial charge in [-0.25, -0.2) is 8.51 Å². The number of allylic oxidation sites excluding steroid dienone is 1. The summed E-state index contributed by atoms with van der Waals surface area (Å²) in [5, 5.41) is 8.80. The first-order chi connectivity index (χ1) is 14.1. The maximum atomic E-state index is 12.2. The van der Waals surface area contributed by atoms with Crippen molar-refractivity contribution in [3.63, 3.8) is 0 Å². The van der Waals surface area contributed by atoms with Crippen molar-refractivity contribution in [1.82, 2.24) is 14.9 Å². The van der Waals surface area contributed by atoms with E-state index in [1.165, 1.54) is 6.08 Å². The van der Waals surface area contributed by atoms with Gasteiger partial charge in [0.1, 0.15) is 17.3 Å². The van der Waals surface area contributed by atoms with Gasteiger partial charge in [-0.05, 0) is 36.8 Å². The molecule has 1 amide bonds. The lowest BCUT2D eigenvalue weighted by Gasteiger charge is -2.25. The molecule has 164 valence electrons. The van der Waals surface area contributed by atoms with E-state index < -0.39 is 11.0 Å². The monoisotopic (exact) mass is 426 g/mol. The number of ether oxygens (including phenoxy) is 1. The number of anilines is 1. The van der Waals surface area contributed by atoms with Gasteiger partial charge in [0, 0.05) is 52.1 Å². The Morgan fingerprint density at radius 1 is 1.21 bits per heavy atom. The number of piperazine rings is 1. The third-order valence-electron chi connectivity index (χ3n) is 3.57. The normalized spacial score (nSPS) is 14.1. The molecule has 29 heavy (non-hydrogen) atoms. The van der Waals surface area contributed by atoms with Gasteiger partial charge in [0.05, 0.1) is 11.5 Å². The molecule has 1 aliphatic rings. The van der Waals surface area contributed by atoms with Crippen molar-refractivity contribution in [2.24, 2.45) is 0 Å². The van der Waals surface area contributed by atoms with Crippen LogP contribution in [0.5, 0.6) is 0 Å². The molecule has 9 heteroatoms. The summed E-state index contributed by atoms with van der Waals surface area (Å²) in [6.07, 6.45) is 3.54. The van der Waals surface area contributed by atoms with Crippen LogP contribution in [0.15, 0.2) is 41.8 Å². The molecule has 0 bridgehead atoms. The molecule has 1 fully saturated rings. The predicted molar refractivity (Wildman–Crippen MR) is 118 cm³/mol. The quantitative estimate of drug-likeness (QED) is 0.295. The first-order valence-corrected chi connectivity index (χ1v) is 10.7. The average molecular weight is 427 g/mol. The number of amides is 1. The molecular formula is C20H34N4O4S. The van der Waals surface area contributed by atoms with Crippen molar-refractivity contribution in [3.05, 3.63) is 36.9 Å². The lowest BCUT2D eigenvalue weighted by atomic mass is 10.3. The van der Waals surface area contributed by atoms with E-state index in [9.17, 15) is 9.00 Å². The largest absolute Gasteiger partial charge is 0.388 e. The summed E-state index contributed by atoms with van der Waals surface area (Å²) in [4.78, 5) is 19.6. The maximum absolute atomic E-state index is 12.2. The highest BCUT2D eigenvalue weighted by Gasteiger charge is 2.17. The zero-order valence-corrected chi connectivity index (χ0v) is 18.2. The number of nitrogens with one attached hydrogen (secondary N) is 3. The molecule has 8 nitrogen and oxygen atoms in total. The fourth-order valence-electron chi connectivity index (χ4n) is 2.13. The van der Waals surface area contributed by atoms with Crippen molar-refractivity contribution in [2.45, 2.75) is 18.2 Å². The summed E-state index contributed by atoms with van der Waals surface area (Å²) in [7, 11) is 0.863. The van der Waals surface area contributed by atoms with E-state index in [0.29, 0.717) is 25.8 Å². The molecule has 3 N–H and O–H groups in total. The van der Waals surface area contributed by atoms with Gasteiger partial charge in [-0.1, -0.05) is 13.5 Å². The second-order valence-corrected chi connectivity index (χ2v) is 7.24. The van der Waals surface area contributed by atoms with E-state index in [4.69, 9.17) is 9.53 Å². The van der Waals surface area contributed by atoms with Crippen LogP contribution in [0.25, 0.3) is 0 Å². The number of hydrogen-bond donors (Lipinski definition) is 3. The van der Waals surface area contributed by atoms with Gasteiger partial charge in [-0.3, -0.25) is 9.59 Å². The fraction of sp³-hybridized carbons (Fsp3) is 0.500. The summed E-state index contributed by atoms with van der Waals surface area (Å²) in [5.41, 5.74) is 1.04. The van der Waals surface area contributed by atoms with Crippen LogP contribution in [0.4, 0.5) is 5.69 Å². The van der Waals surface area contributed by atoms with Crippen molar-refractivity contribution >= 4 is 29.4 Å². The minimum absolute atomic E-state index is 0.615. The van der Waals surface area contributed by atoms with Gasteiger partial charge in [0.2, 0.25) is 6.41 Å². The topological polar surface area (TPSA) is 99.8 Å². The summed E-state index contributed by atoms with van der Waals surface area (Å²) < 4.78 is 19.3. The summed E-state index contributed by atoms with van der Waals surface area (Å²) >= 11 is 0. The highest BCUT2D eigenvalue weighted by molar-refractivity contribution is 7.82. The molecule has 1 heterocycles. The molecule has 1 saturated heterocycles. The lowest BCUT2D eigenvalue weighted by Crippen LogP contribution is -2.44. The molecule has 0 saturated carbocycles. The molecule has 1 aromatic rings. The molecule has 0 radical (unpaired) electrons. The van der Waals surface area contributed by atoms with Crippen LogP contribution in [0.1, 0.15) is 13.3 Å². The summed E-state index contributed by atoms with van der Waals surface area (Å²) in [6.45, 7) is 10.7. The predicted octanol–water partition coefficient (Wildman–Crippen LogP) is 1.19. The van der Waals surface area contributed by atoms with Gasteiger partial charge in [0.15, 0.2) is 0 Å². The zero-order chi connectivity index (χ0) is 21.7. The van der Waals surface area contributed by atoms with Crippen LogP contribution in [-0.2, 0) is 25.3 Å². The molecule has 0 aromatic heterocycles. The Balaban J connectivity index is 0.000000512. The fourth-order valence-corrected chi connectivity index (χ4v) is 3.31. The van der Waals surface area contributed by atoms with Gasteiger partial charge < -0.3 is 20.7 Å². The van der Waals surface area contributed by atoms with Gasteiger partial charge >= 0.3 is 0 Å². The van der Waals surface area contributed by atoms with E-state index in [2.05, 4.69) is 22.5 Å². The number of aldehydes is 1. The Morgan fingerprint density at radius 2 is 1.83 bits per heavy atom. The van der Waals surface area contributed by atoms with E-state index in [-0.39, 0.29) is 0 Å². The molecule has 1 atom stereocenters. The number of benzene rings is 1. The molecule has 1 aromatic carbocycles. The number of rotatable bonds is 10. The third kappa shape index (κ3) is 13.7. The summed E-state index contributed by atoms with van der Waals surface area (Å²) in [6, 6.07) is 7.75. The molecular weight excluding hydrogens is 392 g/mol. The molecule has 1 aliphatic heterocycles. The second kappa shape index (κ2) is 19.3. The third-order valence-corrected chi connectivity index (χ3v) is 5.08.